The third kappa shape index (κ3) is 4.39. The van der Waals surface area contributed by atoms with Crippen LogP contribution in [0, 0.1) is 13.8 Å². The van der Waals surface area contributed by atoms with Crippen molar-refractivity contribution in [1.29, 1.82) is 0 Å². The topological polar surface area (TPSA) is 59.3 Å². The van der Waals surface area contributed by atoms with Crippen molar-refractivity contribution in [1.82, 2.24) is 9.78 Å². The Morgan fingerprint density at radius 2 is 2.13 bits per heavy atom. The lowest BCUT2D eigenvalue weighted by atomic mass is 10.2. The fourth-order valence-electron chi connectivity index (χ4n) is 2.43. The lowest BCUT2D eigenvalue weighted by molar-refractivity contribution is 0.268. The van der Waals surface area contributed by atoms with Crippen LogP contribution in [0.1, 0.15) is 30.3 Å². The van der Waals surface area contributed by atoms with Crippen LogP contribution in [0.4, 0.5) is 5.69 Å². The van der Waals surface area contributed by atoms with Gasteiger partial charge in [-0.05, 0) is 38.5 Å². The molecule has 0 atom stereocenters. The fourth-order valence-corrected chi connectivity index (χ4v) is 2.67. The lowest BCUT2D eigenvalue weighted by Gasteiger charge is -2.11. The van der Waals surface area contributed by atoms with E-state index in [1.54, 1.807) is 0 Å². The summed E-state index contributed by atoms with van der Waals surface area (Å²) in [5.41, 5.74) is 4.11. The first-order valence-corrected chi connectivity index (χ1v) is 8.24. The molecule has 5 nitrogen and oxygen atoms in total. The monoisotopic (exact) mass is 337 g/mol. The number of anilines is 1. The Balaban J connectivity index is 2.05. The van der Waals surface area contributed by atoms with Gasteiger partial charge in [0.05, 0.1) is 30.5 Å². The van der Waals surface area contributed by atoms with Crippen LogP contribution >= 0.6 is 11.6 Å². The van der Waals surface area contributed by atoms with Crippen molar-refractivity contribution in [3.05, 3.63) is 40.2 Å². The molecule has 0 spiro atoms. The first-order valence-electron chi connectivity index (χ1n) is 7.86. The molecule has 0 aliphatic rings. The molecule has 1 aromatic carbocycles. The molecule has 0 saturated carbocycles. The van der Waals surface area contributed by atoms with Gasteiger partial charge in [-0.1, -0.05) is 18.5 Å². The summed E-state index contributed by atoms with van der Waals surface area (Å²) in [7, 11) is 0. The molecular formula is C17H24ClN3O2. The summed E-state index contributed by atoms with van der Waals surface area (Å²) in [6, 6.07) is 5.71. The van der Waals surface area contributed by atoms with Crippen LogP contribution in [-0.4, -0.2) is 28.1 Å². The average Bonchev–Trinajstić information content (AvgIpc) is 2.79. The van der Waals surface area contributed by atoms with Crippen molar-refractivity contribution < 1.29 is 9.84 Å². The van der Waals surface area contributed by atoms with Gasteiger partial charge in [-0.15, -0.1) is 0 Å². The number of nitrogens with one attached hydrogen (secondary N) is 1. The summed E-state index contributed by atoms with van der Waals surface area (Å²) >= 11 is 6.25. The van der Waals surface area contributed by atoms with Gasteiger partial charge in [-0.25, -0.2) is 0 Å². The van der Waals surface area contributed by atoms with E-state index >= 15 is 0 Å². The Labute approximate surface area is 142 Å². The fraction of sp³-hybridized carbons (Fsp3) is 0.471. The maximum absolute atomic E-state index is 9.07. The molecule has 0 amide bonds. The number of aryl methyl sites for hydroxylation is 1. The molecule has 0 bridgehead atoms. The highest BCUT2D eigenvalue weighted by Crippen LogP contribution is 2.28. The second kappa shape index (κ2) is 8.22. The van der Waals surface area contributed by atoms with E-state index in [2.05, 4.69) is 17.3 Å². The first-order chi connectivity index (χ1) is 11.1. The third-order valence-corrected chi connectivity index (χ3v) is 4.00. The Hall–Kier alpha value is -1.72. The zero-order chi connectivity index (χ0) is 16.8. The molecular weight excluding hydrogens is 314 g/mol. The second-order valence-electron chi connectivity index (χ2n) is 5.44. The molecule has 23 heavy (non-hydrogen) atoms. The second-order valence-corrected chi connectivity index (χ2v) is 5.85. The maximum atomic E-state index is 9.07. The van der Waals surface area contributed by atoms with E-state index in [1.165, 1.54) is 0 Å². The van der Waals surface area contributed by atoms with E-state index in [0.29, 0.717) is 30.5 Å². The van der Waals surface area contributed by atoms with Gasteiger partial charge in [0.1, 0.15) is 5.75 Å². The Morgan fingerprint density at radius 1 is 1.35 bits per heavy atom. The molecule has 0 unspecified atom stereocenters. The molecule has 1 heterocycles. The number of hydrogen-bond donors (Lipinski definition) is 2. The maximum Gasteiger partial charge on any atom is 0.138 e. The van der Waals surface area contributed by atoms with Gasteiger partial charge >= 0.3 is 0 Å². The van der Waals surface area contributed by atoms with Crippen molar-refractivity contribution in [3.63, 3.8) is 0 Å². The summed E-state index contributed by atoms with van der Waals surface area (Å²) in [4.78, 5) is 0. The van der Waals surface area contributed by atoms with Gasteiger partial charge in [-0.2, -0.15) is 5.10 Å². The Bertz CT molecular complexity index is 656. The van der Waals surface area contributed by atoms with E-state index in [-0.39, 0.29) is 6.61 Å². The SMILES string of the molecule is CCCOc1ccc(NCc2c(C)nn(CCO)c2C)cc1Cl. The molecule has 0 saturated heterocycles. The minimum Gasteiger partial charge on any atom is -0.492 e. The summed E-state index contributed by atoms with van der Waals surface area (Å²) < 4.78 is 7.41. The van der Waals surface area contributed by atoms with Gasteiger partial charge in [0.15, 0.2) is 0 Å². The van der Waals surface area contributed by atoms with Crippen LogP contribution in [0.25, 0.3) is 0 Å². The number of halogens is 1. The van der Waals surface area contributed by atoms with Crippen molar-refractivity contribution in [2.45, 2.75) is 40.3 Å². The van der Waals surface area contributed by atoms with Gasteiger partial charge in [0, 0.05) is 23.5 Å². The van der Waals surface area contributed by atoms with Crippen molar-refractivity contribution in [2.75, 3.05) is 18.5 Å². The van der Waals surface area contributed by atoms with E-state index in [4.69, 9.17) is 21.4 Å². The standard InChI is InChI=1S/C17H24ClN3O2/c1-4-9-23-17-6-5-14(10-16(17)18)19-11-15-12(2)20-21(7-8-22)13(15)3/h5-6,10,19,22H,4,7-9,11H2,1-3H3. The minimum absolute atomic E-state index is 0.0870. The van der Waals surface area contributed by atoms with Crippen molar-refractivity contribution in [2.24, 2.45) is 0 Å². The molecule has 2 N–H and O–H groups in total. The van der Waals surface area contributed by atoms with Crippen molar-refractivity contribution in [3.8, 4) is 5.75 Å². The molecule has 2 aromatic rings. The number of aliphatic hydroxyl groups is 1. The number of nitrogens with zero attached hydrogens (tertiary/aromatic N) is 2. The van der Waals surface area contributed by atoms with Crippen LogP contribution in [0.3, 0.4) is 0 Å². The number of aromatic nitrogens is 2. The van der Waals surface area contributed by atoms with E-state index in [1.807, 2.05) is 36.7 Å². The molecule has 0 radical (unpaired) electrons. The summed E-state index contributed by atoms with van der Waals surface area (Å²) in [5.74, 6) is 0.710. The number of rotatable bonds is 8. The van der Waals surface area contributed by atoms with Crippen LogP contribution in [0.2, 0.25) is 5.02 Å². The average molecular weight is 338 g/mol. The quantitative estimate of drug-likeness (QED) is 0.773. The van der Waals surface area contributed by atoms with E-state index in [0.717, 1.165) is 29.1 Å². The number of hydrogen-bond acceptors (Lipinski definition) is 4. The van der Waals surface area contributed by atoms with Crippen LogP contribution in [0.15, 0.2) is 18.2 Å². The molecule has 126 valence electrons. The van der Waals surface area contributed by atoms with Crippen molar-refractivity contribution >= 4 is 17.3 Å². The molecule has 2 rings (SSSR count). The largest absolute Gasteiger partial charge is 0.492 e. The zero-order valence-electron chi connectivity index (χ0n) is 13.9. The normalized spacial score (nSPS) is 10.8. The van der Waals surface area contributed by atoms with Crippen LogP contribution in [-0.2, 0) is 13.1 Å². The Morgan fingerprint density at radius 3 is 2.78 bits per heavy atom. The van der Waals surface area contributed by atoms with Crippen LogP contribution < -0.4 is 10.1 Å². The molecule has 0 aliphatic carbocycles. The first kappa shape index (κ1) is 17.6. The number of benzene rings is 1. The van der Waals surface area contributed by atoms with Gasteiger partial charge in [0.25, 0.3) is 0 Å². The van der Waals surface area contributed by atoms with E-state index < -0.39 is 0 Å². The predicted molar refractivity (Wildman–Crippen MR) is 93.4 cm³/mol. The highest BCUT2D eigenvalue weighted by molar-refractivity contribution is 6.32. The van der Waals surface area contributed by atoms with E-state index in [9.17, 15) is 0 Å². The molecule has 1 aromatic heterocycles. The van der Waals surface area contributed by atoms with Gasteiger partial charge in [-0.3, -0.25) is 4.68 Å². The molecule has 0 aliphatic heterocycles. The van der Waals surface area contributed by atoms with Crippen LogP contribution in [0.5, 0.6) is 5.75 Å². The number of ether oxygens (including phenoxy) is 1. The van der Waals surface area contributed by atoms with Gasteiger partial charge < -0.3 is 15.2 Å². The number of aliphatic hydroxyl groups excluding tert-OH is 1. The summed E-state index contributed by atoms with van der Waals surface area (Å²) in [6.45, 7) is 7.98. The highest BCUT2D eigenvalue weighted by Gasteiger charge is 2.11. The third-order valence-electron chi connectivity index (χ3n) is 3.71. The Kier molecular flexibility index (Phi) is 6.30. The summed E-state index contributed by atoms with van der Waals surface area (Å²) in [6.07, 6.45) is 0.951. The predicted octanol–water partition coefficient (Wildman–Crippen LogP) is 3.55. The highest BCUT2D eigenvalue weighted by atomic mass is 35.5. The molecule has 0 fully saturated rings. The minimum atomic E-state index is 0.0870. The lowest BCUT2D eigenvalue weighted by Crippen LogP contribution is -2.07. The van der Waals surface area contributed by atoms with Gasteiger partial charge in [0.2, 0.25) is 0 Å². The molecule has 6 heteroatoms. The summed E-state index contributed by atoms with van der Waals surface area (Å²) in [5, 5.41) is 17.5. The zero-order valence-corrected chi connectivity index (χ0v) is 14.7. The smallest absolute Gasteiger partial charge is 0.138 e.